The lowest BCUT2D eigenvalue weighted by molar-refractivity contribution is -0.114. The van der Waals surface area contributed by atoms with Gasteiger partial charge in [-0.2, -0.15) is 0 Å². The van der Waals surface area contributed by atoms with Crippen LogP contribution in [-0.4, -0.2) is 16.8 Å². The quantitative estimate of drug-likeness (QED) is 0.545. The van der Waals surface area contributed by atoms with Crippen molar-refractivity contribution in [1.82, 2.24) is 4.98 Å². The fourth-order valence-electron chi connectivity index (χ4n) is 2.98. The van der Waals surface area contributed by atoms with E-state index in [9.17, 15) is 9.59 Å². The standard InChI is InChI=1S/C23H24N4O2/c1-15(2)21-9-4-5-10-22(21)26-20-11-17(13-24-14-20)23(29)27-19-8-6-7-18(12-19)25-16(3)28/h4-15,26H,1-3H3,(H,25,28)(H,27,29). The topological polar surface area (TPSA) is 83.1 Å². The van der Waals surface area contributed by atoms with Crippen LogP contribution in [0, 0.1) is 0 Å². The van der Waals surface area contributed by atoms with Crippen LogP contribution in [0.1, 0.15) is 42.6 Å². The molecule has 0 fully saturated rings. The first-order chi connectivity index (χ1) is 13.9. The molecule has 1 heterocycles. The number of nitrogens with one attached hydrogen (secondary N) is 3. The van der Waals surface area contributed by atoms with Gasteiger partial charge in [-0.3, -0.25) is 14.6 Å². The number of aromatic nitrogens is 1. The Morgan fingerprint density at radius 1 is 0.862 bits per heavy atom. The number of hydrogen-bond acceptors (Lipinski definition) is 4. The van der Waals surface area contributed by atoms with E-state index in [1.807, 2.05) is 18.2 Å². The predicted molar refractivity (Wildman–Crippen MR) is 117 cm³/mol. The predicted octanol–water partition coefficient (Wildman–Crippen LogP) is 5.16. The monoisotopic (exact) mass is 388 g/mol. The number of para-hydroxylation sites is 1. The number of amides is 2. The lowest BCUT2D eigenvalue weighted by Gasteiger charge is -2.15. The summed E-state index contributed by atoms with van der Waals surface area (Å²) in [6.07, 6.45) is 3.21. The van der Waals surface area contributed by atoms with Gasteiger partial charge in [0.05, 0.1) is 17.4 Å². The fraction of sp³-hybridized carbons (Fsp3) is 0.174. The average Bonchev–Trinajstić information content (AvgIpc) is 2.68. The summed E-state index contributed by atoms with van der Waals surface area (Å²) in [7, 11) is 0. The van der Waals surface area contributed by atoms with Crippen molar-refractivity contribution in [2.24, 2.45) is 0 Å². The highest BCUT2D eigenvalue weighted by molar-refractivity contribution is 6.05. The fourth-order valence-corrected chi connectivity index (χ4v) is 2.98. The number of carbonyl (C=O) groups excluding carboxylic acids is 2. The number of anilines is 4. The zero-order valence-corrected chi connectivity index (χ0v) is 16.7. The van der Waals surface area contributed by atoms with Crippen LogP contribution in [0.5, 0.6) is 0 Å². The van der Waals surface area contributed by atoms with Gasteiger partial charge in [0.2, 0.25) is 5.91 Å². The average molecular weight is 388 g/mol. The summed E-state index contributed by atoms with van der Waals surface area (Å²) in [5.74, 6) is -0.0783. The van der Waals surface area contributed by atoms with Crippen LogP contribution in [-0.2, 0) is 4.79 Å². The molecule has 0 aliphatic rings. The zero-order valence-electron chi connectivity index (χ0n) is 16.7. The Bertz CT molecular complexity index is 1030. The van der Waals surface area contributed by atoms with E-state index in [2.05, 4.69) is 40.8 Å². The van der Waals surface area contributed by atoms with E-state index >= 15 is 0 Å². The molecule has 2 aromatic carbocycles. The van der Waals surface area contributed by atoms with Crippen LogP contribution in [0.25, 0.3) is 0 Å². The van der Waals surface area contributed by atoms with Crippen LogP contribution in [0.2, 0.25) is 0 Å². The van der Waals surface area contributed by atoms with Gasteiger partial charge in [-0.15, -0.1) is 0 Å². The molecule has 0 unspecified atom stereocenters. The molecule has 148 valence electrons. The van der Waals surface area contributed by atoms with Crippen LogP contribution in [0.3, 0.4) is 0 Å². The molecule has 0 saturated heterocycles. The largest absolute Gasteiger partial charge is 0.354 e. The van der Waals surface area contributed by atoms with Crippen molar-refractivity contribution in [2.75, 3.05) is 16.0 Å². The first kappa shape index (κ1) is 20.1. The minimum absolute atomic E-state index is 0.168. The summed E-state index contributed by atoms with van der Waals surface area (Å²) in [6.45, 7) is 5.71. The molecule has 29 heavy (non-hydrogen) atoms. The van der Waals surface area contributed by atoms with E-state index in [4.69, 9.17) is 0 Å². The maximum atomic E-state index is 12.7. The second-order valence-corrected chi connectivity index (χ2v) is 7.05. The molecule has 0 aliphatic carbocycles. The Morgan fingerprint density at radius 2 is 1.59 bits per heavy atom. The highest BCUT2D eigenvalue weighted by atomic mass is 16.2. The summed E-state index contributed by atoms with van der Waals surface area (Å²) in [6, 6.07) is 16.8. The highest BCUT2D eigenvalue weighted by Crippen LogP contribution is 2.27. The molecule has 0 radical (unpaired) electrons. The Balaban J connectivity index is 1.76. The molecule has 6 nitrogen and oxygen atoms in total. The number of nitrogens with zero attached hydrogens (tertiary/aromatic N) is 1. The van der Waals surface area contributed by atoms with E-state index in [0.29, 0.717) is 22.9 Å². The van der Waals surface area contributed by atoms with Gasteiger partial charge >= 0.3 is 0 Å². The van der Waals surface area contributed by atoms with Gasteiger partial charge in [0.25, 0.3) is 5.91 Å². The Labute approximate surface area is 170 Å². The molecule has 0 saturated carbocycles. The molecule has 0 bridgehead atoms. The van der Waals surface area contributed by atoms with Gasteiger partial charge in [0, 0.05) is 30.2 Å². The summed E-state index contributed by atoms with van der Waals surface area (Å²) in [5.41, 5.74) is 4.56. The van der Waals surface area contributed by atoms with Crippen molar-refractivity contribution in [1.29, 1.82) is 0 Å². The number of carbonyl (C=O) groups is 2. The number of benzene rings is 2. The Hall–Kier alpha value is -3.67. The first-order valence-electron chi connectivity index (χ1n) is 9.42. The van der Waals surface area contributed by atoms with E-state index in [-0.39, 0.29) is 11.8 Å². The minimum atomic E-state index is -0.279. The smallest absolute Gasteiger partial charge is 0.257 e. The third kappa shape index (κ3) is 5.42. The second-order valence-electron chi connectivity index (χ2n) is 7.05. The molecule has 6 heteroatoms. The van der Waals surface area contributed by atoms with E-state index < -0.39 is 0 Å². The van der Waals surface area contributed by atoms with Crippen molar-refractivity contribution in [3.8, 4) is 0 Å². The van der Waals surface area contributed by atoms with E-state index in [1.54, 1.807) is 36.5 Å². The second kappa shape index (κ2) is 9.01. The number of hydrogen-bond donors (Lipinski definition) is 3. The summed E-state index contributed by atoms with van der Waals surface area (Å²) >= 11 is 0. The van der Waals surface area contributed by atoms with Crippen molar-refractivity contribution >= 4 is 34.6 Å². The third-order valence-electron chi connectivity index (χ3n) is 4.30. The summed E-state index contributed by atoms with van der Waals surface area (Å²) in [5, 5.41) is 8.88. The first-order valence-corrected chi connectivity index (χ1v) is 9.42. The van der Waals surface area contributed by atoms with Gasteiger partial charge in [-0.25, -0.2) is 0 Å². The number of rotatable bonds is 6. The molecular formula is C23H24N4O2. The molecule has 0 spiro atoms. The van der Waals surface area contributed by atoms with Gasteiger partial charge in [0.15, 0.2) is 0 Å². The van der Waals surface area contributed by atoms with Crippen LogP contribution in [0.4, 0.5) is 22.7 Å². The van der Waals surface area contributed by atoms with Crippen molar-refractivity contribution < 1.29 is 9.59 Å². The molecule has 2 amide bonds. The maximum absolute atomic E-state index is 12.7. The molecule has 3 rings (SSSR count). The van der Waals surface area contributed by atoms with Gasteiger partial charge in [-0.1, -0.05) is 38.1 Å². The van der Waals surface area contributed by atoms with Gasteiger partial charge in [0.1, 0.15) is 0 Å². The zero-order chi connectivity index (χ0) is 20.8. The molecular weight excluding hydrogens is 364 g/mol. The molecule has 0 atom stereocenters. The SMILES string of the molecule is CC(=O)Nc1cccc(NC(=O)c2cncc(Nc3ccccc3C(C)C)c2)c1. The molecule has 1 aromatic heterocycles. The molecule has 3 aromatic rings. The lowest BCUT2D eigenvalue weighted by atomic mass is 10.0. The summed E-state index contributed by atoms with van der Waals surface area (Å²) in [4.78, 5) is 28.1. The van der Waals surface area contributed by atoms with Crippen LogP contribution in [0.15, 0.2) is 67.0 Å². The number of pyridine rings is 1. The highest BCUT2D eigenvalue weighted by Gasteiger charge is 2.10. The van der Waals surface area contributed by atoms with Crippen molar-refractivity contribution in [2.45, 2.75) is 26.7 Å². The van der Waals surface area contributed by atoms with Crippen LogP contribution >= 0.6 is 0 Å². The van der Waals surface area contributed by atoms with E-state index in [1.165, 1.54) is 18.7 Å². The lowest BCUT2D eigenvalue weighted by Crippen LogP contribution is -2.13. The van der Waals surface area contributed by atoms with E-state index in [0.717, 1.165) is 11.4 Å². The maximum Gasteiger partial charge on any atom is 0.257 e. The molecule has 3 N–H and O–H groups in total. The third-order valence-corrected chi connectivity index (χ3v) is 4.30. The Kier molecular flexibility index (Phi) is 6.24. The van der Waals surface area contributed by atoms with Crippen LogP contribution < -0.4 is 16.0 Å². The summed E-state index contributed by atoms with van der Waals surface area (Å²) < 4.78 is 0. The van der Waals surface area contributed by atoms with Crippen molar-refractivity contribution in [3.05, 3.63) is 78.1 Å². The van der Waals surface area contributed by atoms with Gasteiger partial charge < -0.3 is 16.0 Å². The van der Waals surface area contributed by atoms with Gasteiger partial charge in [-0.05, 0) is 41.8 Å². The van der Waals surface area contributed by atoms with Crippen molar-refractivity contribution in [3.63, 3.8) is 0 Å². The Morgan fingerprint density at radius 3 is 2.31 bits per heavy atom. The normalized spacial score (nSPS) is 10.5. The minimum Gasteiger partial charge on any atom is -0.354 e. The molecule has 0 aliphatic heterocycles.